The fraction of sp³-hybridized carbons (Fsp3) is 0.222. The molecule has 0 N–H and O–H groups in total. The van der Waals surface area contributed by atoms with Gasteiger partial charge < -0.3 is 19.8 Å². The molecule has 2 aliphatic rings. The van der Waals surface area contributed by atoms with Crippen LogP contribution in [0.15, 0.2) is 9.98 Å². The molecule has 2 saturated carbocycles. The van der Waals surface area contributed by atoms with Crippen molar-refractivity contribution in [3.63, 3.8) is 0 Å². The molecule has 0 spiro atoms. The molecule has 0 unspecified atom stereocenters. The van der Waals surface area contributed by atoms with Crippen molar-refractivity contribution in [2.24, 2.45) is 9.98 Å². The summed E-state index contributed by atoms with van der Waals surface area (Å²) in [5, 5.41) is 20.0. The van der Waals surface area contributed by atoms with E-state index in [1.54, 1.807) is 12.4 Å². The first-order chi connectivity index (χ1) is 11.6. The van der Waals surface area contributed by atoms with Crippen LogP contribution in [0.5, 0.6) is 0 Å². The summed E-state index contributed by atoms with van der Waals surface area (Å²) in [6.45, 7) is 0.570. The predicted octanol–water partition coefficient (Wildman–Crippen LogP) is -6.79. The van der Waals surface area contributed by atoms with Crippen LogP contribution >= 0.6 is 0 Å². The van der Waals surface area contributed by atoms with Gasteiger partial charge in [-0.3, -0.25) is 9.98 Å². The van der Waals surface area contributed by atoms with Gasteiger partial charge in [0.15, 0.2) is 0 Å². The molecule has 0 aromatic heterocycles. The topological polar surface area (TPSA) is 105 Å². The average Bonchev–Trinajstić information content (AvgIpc) is 3.22. The summed E-state index contributed by atoms with van der Waals surface area (Å²) in [4.78, 5) is 27.8. The molecule has 132 valence electrons. The maximum absolute atomic E-state index is 9.98. The fourth-order valence-corrected chi connectivity index (χ4v) is 1.60. The van der Waals surface area contributed by atoms with E-state index in [1.807, 2.05) is 51.4 Å². The Hall–Kier alpha value is 0.799. The minimum absolute atomic E-state index is 0. The molecular formula is C18H18FeN2Na2O4+2. The van der Waals surface area contributed by atoms with Crippen molar-refractivity contribution >= 4 is 24.4 Å². The summed E-state index contributed by atoms with van der Waals surface area (Å²) >= 11 is 0. The van der Waals surface area contributed by atoms with Crippen LogP contribution in [-0.4, -0.2) is 37.5 Å². The van der Waals surface area contributed by atoms with Crippen LogP contribution in [0.25, 0.3) is 0 Å². The van der Waals surface area contributed by atoms with E-state index >= 15 is 0 Å². The van der Waals surface area contributed by atoms with Crippen molar-refractivity contribution in [1.29, 1.82) is 0 Å². The van der Waals surface area contributed by atoms with Gasteiger partial charge in [0.05, 0.1) is 0 Å². The van der Waals surface area contributed by atoms with Gasteiger partial charge in [-0.05, 0) is 51.4 Å². The summed E-state index contributed by atoms with van der Waals surface area (Å²) in [5.74, 6) is -0.133. The molecule has 2 fully saturated rings. The summed E-state index contributed by atoms with van der Waals surface area (Å²) < 4.78 is 0. The molecule has 0 aromatic rings. The van der Waals surface area contributed by atoms with E-state index in [4.69, 9.17) is 0 Å². The van der Waals surface area contributed by atoms with Crippen molar-refractivity contribution in [1.82, 2.24) is 0 Å². The number of aliphatic carboxylic acids is 2. The van der Waals surface area contributed by atoms with E-state index in [0.29, 0.717) is 0 Å². The van der Waals surface area contributed by atoms with E-state index in [-0.39, 0.29) is 102 Å². The number of aliphatic imine (C=N–C) groups is 2. The number of carboxylic acid groups (broad SMARTS) is 2. The monoisotopic (exact) mass is 428 g/mol. The van der Waals surface area contributed by atoms with Gasteiger partial charge in [-0.25, -0.2) is 0 Å². The summed E-state index contributed by atoms with van der Waals surface area (Å²) in [6.07, 6.45) is 18.5. The normalized spacial score (nSPS) is 16.9. The van der Waals surface area contributed by atoms with Gasteiger partial charge in [-0.15, -0.1) is 0 Å². The summed E-state index contributed by atoms with van der Waals surface area (Å²) in [7, 11) is 0. The molecule has 0 aromatic carbocycles. The Morgan fingerprint density at radius 3 is 1.30 bits per heavy atom. The van der Waals surface area contributed by atoms with Gasteiger partial charge in [0.1, 0.15) is 0 Å². The van der Waals surface area contributed by atoms with Gasteiger partial charge >= 0.3 is 76.2 Å². The fourth-order valence-electron chi connectivity index (χ4n) is 1.60. The van der Waals surface area contributed by atoms with E-state index in [9.17, 15) is 19.8 Å². The average molecular weight is 428 g/mol. The molecule has 10 radical (unpaired) electrons. The molecule has 6 nitrogen and oxygen atoms in total. The number of carbonyl (C=O) groups excluding carboxylic acids is 2. The molecule has 0 heterocycles. The Kier molecular flexibility index (Phi) is 25.9. The van der Waals surface area contributed by atoms with E-state index in [0.717, 1.165) is 11.8 Å². The number of rotatable bonds is 8. The standard InChI is InChI=1S/2C9H10NO2.Fe.2Na/c2*11-9(12)5-6-10-7-8-3-1-2-4-8;;;/h2*1-4,7H,5-6H2,(H,11,12);;;/q;;+2;2*+1/p-2. The van der Waals surface area contributed by atoms with Gasteiger partial charge in [0, 0.05) is 62.1 Å². The molecule has 0 aliphatic heterocycles. The minimum atomic E-state index is -1.06. The molecule has 0 saturated heterocycles. The van der Waals surface area contributed by atoms with Crippen molar-refractivity contribution in [3.05, 3.63) is 63.2 Å². The minimum Gasteiger partial charge on any atom is -0.550 e. The van der Waals surface area contributed by atoms with Gasteiger partial charge in [0.25, 0.3) is 0 Å². The van der Waals surface area contributed by atoms with Crippen LogP contribution in [-0.2, 0) is 26.7 Å². The Bertz CT molecular complexity index is 399. The Morgan fingerprint density at radius 1 is 0.741 bits per heavy atom. The van der Waals surface area contributed by atoms with Crippen molar-refractivity contribution in [3.8, 4) is 0 Å². The predicted molar refractivity (Wildman–Crippen MR) is 86.9 cm³/mol. The molecular weight excluding hydrogens is 410 g/mol. The van der Waals surface area contributed by atoms with Crippen molar-refractivity contribution < 1.29 is 96.0 Å². The number of carbonyl (C=O) groups is 2. The Balaban J connectivity index is -0.000000384. The second-order valence-electron chi connectivity index (χ2n) is 4.75. The number of nitrogens with zero attached hydrogens (tertiary/aromatic N) is 2. The van der Waals surface area contributed by atoms with Crippen LogP contribution in [0.1, 0.15) is 12.8 Å². The third-order valence-corrected chi connectivity index (χ3v) is 2.75. The number of carboxylic acids is 2. The Labute approximate surface area is 217 Å². The van der Waals surface area contributed by atoms with E-state index in [2.05, 4.69) is 9.98 Å². The van der Waals surface area contributed by atoms with Crippen LogP contribution in [0.3, 0.4) is 0 Å². The first kappa shape index (κ1) is 32.5. The second-order valence-corrected chi connectivity index (χ2v) is 4.75. The van der Waals surface area contributed by atoms with E-state index < -0.39 is 11.9 Å². The first-order valence-electron chi connectivity index (χ1n) is 7.40. The van der Waals surface area contributed by atoms with E-state index in [1.165, 1.54) is 0 Å². The summed E-state index contributed by atoms with van der Waals surface area (Å²) in [6, 6.07) is 0. The second kappa shape index (κ2) is 21.5. The molecule has 0 atom stereocenters. The molecule has 27 heavy (non-hydrogen) atoms. The quantitative estimate of drug-likeness (QED) is 0.283. The van der Waals surface area contributed by atoms with Crippen LogP contribution in [0.2, 0.25) is 0 Å². The zero-order chi connectivity index (χ0) is 17.6. The molecule has 0 bridgehead atoms. The zero-order valence-corrected chi connectivity index (χ0v) is 20.6. The van der Waals surface area contributed by atoms with Gasteiger partial charge in [0.2, 0.25) is 0 Å². The van der Waals surface area contributed by atoms with Gasteiger partial charge in [-0.2, -0.15) is 0 Å². The third kappa shape index (κ3) is 19.9. The summed E-state index contributed by atoms with van der Waals surface area (Å²) in [5.41, 5.74) is 0. The van der Waals surface area contributed by atoms with Crippen LogP contribution in [0, 0.1) is 63.2 Å². The smallest absolute Gasteiger partial charge is 0.550 e. The largest absolute Gasteiger partial charge is 2.00 e. The number of hydrogen-bond acceptors (Lipinski definition) is 6. The Morgan fingerprint density at radius 2 is 1.04 bits per heavy atom. The maximum Gasteiger partial charge on any atom is 2.00 e. The zero-order valence-electron chi connectivity index (χ0n) is 15.5. The third-order valence-electron chi connectivity index (χ3n) is 2.75. The van der Waals surface area contributed by atoms with Crippen molar-refractivity contribution in [2.75, 3.05) is 13.1 Å². The molecule has 0 amide bonds. The van der Waals surface area contributed by atoms with Crippen LogP contribution < -0.4 is 69.3 Å². The first-order valence-corrected chi connectivity index (χ1v) is 7.40. The van der Waals surface area contributed by atoms with Crippen LogP contribution in [0.4, 0.5) is 0 Å². The van der Waals surface area contributed by atoms with Crippen molar-refractivity contribution in [2.45, 2.75) is 12.8 Å². The molecule has 2 rings (SSSR count). The SMILES string of the molecule is O=C([O-])CCN=C[C]1[CH][CH][CH][CH]1.O=C([O-])CCN=C[C]1[CH][CH][CH][CH]1.[Fe+2].[Na+].[Na+]. The molecule has 9 heteroatoms. The maximum atomic E-state index is 9.98. The van der Waals surface area contributed by atoms with Gasteiger partial charge in [-0.1, -0.05) is 0 Å². The molecule has 2 aliphatic carbocycles. The number of hydrogen-bond donors (Lipinski definition) is 0.